The molecule has 2 aromatic rings. The maximum Gasteiger partial charge on any atom is 0.143 e. The predicted octanol–water partition coefficient (Wildman–Crippen LogP) is 2.40. The molecule has 0 saturated heterocycles. The smallest absolute Gasteiger partial charge is 0.143 e. The molecule has 2 heterocycles. The number of rotatable bonds is 3. The molecule has 82 valence electrons. The maximum atomic E-state index is 4.17. The van der Waals surface area contributed by atoms with Crippen LogP contribution in [0.25, 0.3) is 0 Å². The van der Waals surface area contributed by atoms with Crippen molar-refractivity contribution in [2.24, 2.45) is 0 Å². The lowest BCUT2D eigenvalue weighted by Gasteiger charge is -2.08. The fraction of sp³-hybridized carbons (Fsp3) is 0.182. The molecule has 0 aliphatic heterocycles. The second-order valence-corrected chi connectivity index (χ2v) is 4.54. The Morgan fingerprint density at radius 3 is 2.94 bits per heavy atom. The van der Waals surface area contributed by atoms with Gasteiger partial charge in [-0.25, -0.2) is 9.97 Å². The Kier molecular flexibility index (Phi) is 3.66. The van der Waals surface area contributed by atoms with Crippen molar-refractivity contribution in [2.45, 2.75) is 13.5 Å². The fourth-order valence-electron chi connectivity index (χ4n) is 1.30. The van der Waals surface area contributed by atoms with Crippen molar-refractivity contribution in [2.75, 3.05) is 5.32 Å². The van der Waals surface area contributed by atoms with Crippen LogP contribution in [-0.4, -0.2) is 15.0 Å². The third kappa shape index (κ3) is 2.66. The van der Waals surface area contributed by atoms with Crippen LogP contribution in [0.5, 0.6) is 0 Å². The van der Waals surface area contributed by atoms with Crippen molar-refractivity contribution in [1.82, 2.24) is 15.0 Å². The van der Waals surface area contributed by atoms with E-state index in [9.17, 15) is 0 Å². The minimum absolute atomic E-state index is 0.729. The van der Waals surface area contributed by atoms with Gasteiger partial charge in [-0.3, -0.25) is 4.98 Å². The number of hydrogen-bond acceptors (Lipinski definition) is 4. The first-order valence-corrected chi connectivity index (χ1v) is 5.94. The van der Waals surface area contributed by atoms with E-state index < -0.39 is 0 Å². The van der Waals surface area contributed by atoms with E-state index in [1.165, 1.54) is 11.1 Å². The average Bonchev–Trinajstić information content (AvgIpc) is 2.30. The molecule has 5 heteroatoms. The predicted molar refractivity (Wildman–Crippen MR) is 71.0 cm³/mol. The van der Waals surface area contributed by atoms with Crippen molar-refractivity contribution in [3.05, 3.63) is 45.7 Å². The Balaban J connectivity index is 2.09. The monoisotopic (exact) mass is 326 g/mol. The van der Waals surface area contributed by atoms with Gasteiger partial charge in [-0.2, -0.15) is 0 Å². The van der Waals surface area contributed by atoms with Gasteiger partial charge in [-0.05, 0) is 46.7 Å². The first kappa shape index (κ1) is 11.3. The first-order chi connectivity index (χ1) is 7.77. The maximum absolute atomic E-state index is 4.17. The van der Waals surface area contributed by atoms with Crippen molar-refractivity contribution >= 4 is 28.4 Å². The normalized spacial score (nSPS) is 10.1. The molecule has 0 unspecified atom stereocenters. The number of hydrogen-bond donors (Lipinski definition) is 1. The highest BCUT2D eigenvalue weighted by molar-refractivity contribution is 14.1. The molecule has 2 rings (SSSR count). The quantitative estimate of drug-likeness (QED) is 0.880. The van der Waals surface area contributed by atoms with Crippen LogP contribution < -0.4 is 5.32 Å². The molecule has 1 N–H and O–H groups in total. The van der Waals surface area contributed by atoms with E-state index >= 15 is 0 Å². The van der Waals surface area contributed by atoms with E-state index in [1.807, 2.05) is 12.3 Å². The van der Waals surface area contributed by atoms with E-state index in [2.05, 4.69) is 49.8 Å². The zero-order chi connectivity index (χ0) is 11.4. The summed E-state index contributed by atoms with van der Waals surface area (Å²) in [6, 6.07) is 2.00. The Labute approximate surface area is 108 Å². The van der Waals surface area contributed by atoms with Crippen LogP contribution in [0.2, 0.25) is 0 Å². The molecule has 0 radical (unpaired) electrons. The summed E-state index contributed by atoms with van der Waals surface area (Å²) in [7, 11) is 0. The summed E-state index contributed by atoms with van der Waals surface area (Å²) in [5, 5.41) is 3.27. The van der Waals surface area contributed by atoms with Gasteiger partial charge in [0.1, 0.15) is 12.1 Å². The van der Waals surface area contributed by atoms with E-state index in [1.54, 1.807) is 18.7 Å². The number of nitrogens with one attached hydrogen (secondary N) is 1. The summed E-state index contributed by atoms with van der Waals surface area (Å²) in [4.78, 5) is 12.2. The largest absolute Gasteiger partial charge is 0.365 e. The van der Waals surface area contributed by atoms with Crippen LogP contribution in [-0.2, 0) is 6.54 Å². The number of aryl methyl sites for hydroxylation is 1. The zero-order valence-electron chi connectivity index (χ0n) is 8.81. The summed E-state index contributed by atoms with van der Waals surface area (Å²) < 4.78 is 1.02. The van der Waals surface area contributed by atoms with Crippen LogP contribution in [0.15, 0.2) is 31.0 Å². The summed E-state index contributed by atoms with van der Waals surface area (Å²) in [5.74, 6) is 0.860. The summed E-state index contributed by atoms with van der Waals surface area (Å²) in [5.41, 5.74) is 2.41. The van der Waals surface area contributed by atoms with Gasteiger partial charge >= 0.3 is 0 Å². The zero-order valence-corrected chi connectivity index (χ0v) is 11.0. The number of nitrogens with zero attached hydrogens (tertiary/aromatic N) is 3. The lowest BCUT2D eigenvalue weighted by atomic mass is 10.1. The van der Waals surface area contributed by atoms with Crippen LogP contribution in [0.1, 0.15) is 11.1 Å². The van der Waals surface area contributed by atoms with Gasteiger partial charge < -0.3 is 5.32 Å². The summed E-state index contributed by atoms with van der Waals surface area (Å²) >= 11 is 2.21. The van der Waals surface area contributed by atoms with E-state index in [0.717, 1.165) is 15.9 Å². The Bertz CT molecular complexity index is 441. The molecule has 0 saturated carbocycles. The van der Waals surface area contributed by atoms with Crippen LogP contribution in [0.3, 0.4) is 0 Å². The van der Waals surface area contributed by atoms with Crippen LogP contribution in [0, 0.1) is 10.5 Å². The Hall–Kier alpha value is -1.24. The second-order valence-electron chi connectivity index (χ2n) is 3.37. The van der Waals surface area contributed by atoms with Crippen LogP contribution in [0.4, 0.5) is 5.82 Å². The number of pyridine rings is 1. The molecule has 0 bridgehead atoms. The third-order valence-electron chi connectivity index (χ3n) is 2.26. The van der Waals surface area contributed by atoms with Crippen molar-refractivity contribution in [3.63, 3.8) is 0 Å². The Morgan fingerprint density at radius 1 is 1.31 bits per heavy atom. The van der Waals surface area contributed by atoms with Crippen molar-refractivity contribution in [1.29, 1.82) is 0 Å². The second kappa shape index (κ2) is 5.20. The minimum atomic E-state index is 0.729. The van der Waals surface area contributed by atoms with Gasteiger partial charge in [-0.15, -0.1) is 0 Å². The van der Waals surface area contributed by atoms with Gasteiger partial charge in [-0.1, -0.05) is 0 Å². The van der Waals surface area contributed by atoms with E-state index in [4.69, 9.17) is 0 Å². The van der Waals surface area contributed by atoms with Crippen molar-refractivity contribution in [3.8, 4) is 0 Å². The van der Waals surface area contributed by atoms with Gasteiger partial charge in [0.25, 0.3) is 0 Å². The number of anilines is 1. The van der Waals surface area contributed by atoms with E-state index in [0.29, 0.717) is 0 Å². The lowest BCUT2D eigenvalue weighted by molar-refractivity contribution is 1.04. The molecule has 0 aliphatic carbocycles. The molecule has 0 atom stereocenters. The molecule has 0 aromatic carbocycles. The van der Waals surface area contributed by atoms with E-state index in [-0.39, 0.29) is 0 Å². The van der Waals surface area contributed by atoms with Crippen molar-refractivity contribution < 1.29 is 0 Å². The fourth-order valence-corrected chi connectivity index (χ4v) is 1.79. The molecule has 0 spiro atoms. The minimum Gasteiger partial charge on any atom is -0.365 e. The van der Waals surface area contributed by atoms with Gasteiger partial charge in [0.05, 0.1) is 3.57 Å². The number of halogens is 1. The van der Waals surface area contributed by atoms with Crippen LogP contribution >= 0.6 is 22.6 Å². The van der Waals surface area contributed by atoms with Gasteiger partial charge in [0.2, 0.25) is 0 Å². The highest BCUT2D eigenvalue weighted by atomic mass is 127. The van der Waals surface area contributed by atoms with Gasteiger partial charge in [0, 0.05) is 25.1 Å². The SMILES string of the molecule is Cc1ccncc1CNc1ncncc1I. The third-order valence-corrected chi connectivity index (χ3v) is 3.05. The molecule has 16 heavy (non-hydrogen) atoms. The standard InChI is InChI=1S/C11H11IN4/c1-8-2-3-13-4-9(8)5-15-11-10(12)6-14-7-16-11/h2-4,6-7H,5H2,1H3,(H,14,15,16). The number of aromatic nitrogens is 3. The highest BCUT2D eigenvalue weighted by Gasteiger charge is 2.01. The summed E-state index contributed by atoms with van der Waals surface area (Å²) in [6.45, 7) is 2.80. The Morgan fingerprint density at radius 2 is 2.19 bits per heavy atom. The molecule has 2 aromatic heterocycles. The molecule has 0 amide bonds. The molecular weight excluding hydrogens is 315 g/mol. The molecule has 4 nitrogen and oxygen atoms in total. The molecule has 0 aliphatic rings. The lowest BCUT2D eigenvalue weighted by Crippen LogP contribution is -2.05. The molecule has 0 fully saturated rings. The summed E-state index contributed by atoms with van der Waals surface area (Å²) in [6.07, 6.45) is 7.00. The average molecular weight is 326 g/mol. The first-order valence-electron chi connectivity index (χ1n) is 4.86. The highest BCUT2D eigenvalue weighted by Crippen LogP contribution is 2.14. The topological polar surface area (TPSA) is 50.7 Å². The van der Waals surface area contributed by atoms with Gasteiger partial charge in [0.15, 0.2) is 0 Å². The molecular formula is C11H11IN4.